The molecular weight excluding hydrogens is 360 g/mol. The molecule has 6 unspecified atom stereocenters. The van der Waals surface area contributed by atoms with Crippen LogP contribution in [0, 0.1) is 23.7 Å². The highest BCUT2D eigenvalue weighted by Gasteiger charge is 2.70. The van der Waals surface area contributed by atoms with Crippen molar-refractivity contribution in [3.8, 4) is 0 Å². The second kappa shape index (κ2) is 6.33. The minimum Gasteiger partial charge on any atom is -0.458 e. The maximum atomic E-state index is 13.4. The van der Waals surface area contributed by atoms with Gasteiger partial charge in [0.25, 0.3) is 0 Å². The third-order valence-corrected chi connectivity index (χ3v) is 7.13. The van der Waals surface area contributed by atoms with E-state index in [0.29, 0.717) is 6.42 Å². The van der Waals surface area contributed by atoms with Crippen LogP contribution in [0.25, 0.3) is 0 Å². The molecule has 1 heterocycles. The first-order valence-corrected chi connectivity index (χ1v) is 10.2. The fraction of sp³-hybridized carbons (Fsp3) is 0.591. The molecule has 1 aromatic carbocycles. The predicted octanol–water partition coefficient (Wildman–Crippen LogP) is 2.74. The van der Waals surface area contributed by atoms with E-state index in [2.05, 4.69) is 0 Å². The number of esters is 3. The van der Waals surface area contributed by atoms with Crippen molar-refractivity contribution in [2.75, 3.05) is 0 Å². The van der Waals surface area contributed by atoms with E-state index in [1.165, 1.54) is 6.92 Å². The molecule has 0 spiro atoms. The number of hydrogen-bond acceptors (Lipinski definition) is 6. The lowest BCUT2D eigenvalue weighted by molar-refractivity contribution is -0.175. The number of rotatable bonds is 4. The fourth-order valence-corrected chi connectivity index (χ4v) is 6.06. The van der Waals surface area contributed by atoms with Gasteiger partial charge in [0.15, 0.2) is 0 Å². The van der Waals surface area contributed by atoms with E-state index in [-0.39, 0.29) is 23.8 Å². The van der Waals surface area contributed by atoms with E-state index in [4.69, 9.17) is 14.2 Å². The molecular formula is C22H24O6. The van der Waals surface area contributed by atoms with E-state index >= 15 is 0 Å². The summed E-state index contributed by atoms with van der Waals surface area (Å²) in [5.41, 5.74) is 0.381. The van der Waals surface area contributed by atoms with Crippen LogP contribution in [0.1, 0.15) is 44.6 Å². The smallest absolute Gasteiger partial charge is 0.311 e. The zero-order chi connectivity index (χ0) is 19.5. The molecule has 1 aliphatic heterocycles. The monoisotopic (exact) mass is 384 g/mol. The van der Waals surface area contributed by atoms with Crippen molar-refractivity contribution in [3.05, 3.63) is 35.9 Å². The highest BCUT2D eigenvalue weighted by Crippen LogP contribution is 2.59. The van der Waals surface area contributed by atoms with Gasteiger partial charge in [0.2, 0.25) is 0 Å². The van der Waals surface area contributed by atoms with Crippen molar-refractivity contribution in [1.82, 2.24) is 0 Å². The van der Waals surface area contributed by atoms with E-state index in [1.54, 1.807) is 0 Å². The Morgan fingerprint density at radius 1 is 1.11 bits per heavy atom. The molecule has 5 rings (SSSR count). The summed E-state index contributed by atoms with van der Waals surface area (Å²) in [6, 6.07) is 9.86. The molecule has 0 N–H and O–H groups in total. The zero-order valence-corrected chi connectivity index (χ0v) is 15.8. The summed E-state index contributed by atoms with van der Waals surface area (Å²) < 4.78 is 17.1. The zero-order valence-electron chi connectivity index (χ0n) is 15.8. The third kappa shape index (κ3) is 2.50. The summed E-state index contributed by atoms with van der Waals surface area (Å²) >= 11 is 0. The van der Waals surface area contributed by atoms with Gasteiger partial charge in [0, 0.05) is 18.8 Å². The second-order valence-electron chi connectivity index (χ2n) is 8.58. The van der Waals surface area contributed by atoms with Crippen LogP contribution >= 0.6 is 0 Å². The molecule has 6 nitrogen and oxygen atoms in total. The van der Waals surface area contributed by atoms with Gasteiger partial charge >= 0.3 is 17.9 Å². The van der Waals surface area contributed by atoms with E-state index in [0.717, 1.165) is 31.2 Å². The summed E-state index contributed by atoms with van der Waals surface area (Å²) in [7, 11) is 0. The number of hydrogen-bond donors (Lipinski definition) is 0. The second-order valence-corrected chi connectivity index (χ2v) is 8.58. The molecule has 28 heavy (non-hydrogen) atoms. The maximum absolute atomic E-state index is 13.4. The van der Waals surface area contributed by atoms with Crippen LogP contribution in [-0.4, -0.2) is 30.1 Å². The Bertz CT molecular complexity index is 812. The number of benzene rings is 1. The normalized spacial score (nSPS) is 37.0. The van der Waals surface area contributed by atoms with E-state index in [1.807, 2.05) is 30.3 Å². The Balaban J connectivity index is 1.43. The summed E-state index contributed by atoms with van der Waals surface area (Å²) in [4.78, 5) is 37.4. The van der Waals surface area contributed by atoms with Crippen LogP contribution in [-0.2, 0) is 34.2 Å². The van der Waals surface area contributed by atoms with Gasteiger partial charge in [0.1, 0.15) is 17.8 Å². The van der Waals surface area contributed by atoms with Gasteiger partial charge in [-0.3, -0.25) is 14.4 Å². The lowest BCUT2D eigenvalue weighted by atomic mass is 9.78. The van der Waals surface area contributed by atoms with Crippen LogP contribution in [0.5, 0.6) is 0 Å². The summed E-state index contributed by atoms with van der Waals surface area (Å²) in [5.74, 6) is -2.45. The largest absolute Gasteiger partial charge is 0.458 e. The van der Waals surface area contributed by atoms with Gasteiger partial charge in [-0.25, -0.2) is 0 Å². The van der Waals surface area contributed by atoms with Crippen LogP contribution in [0.2, 0.25) is 0 Å². The molecule has 3 aliphatic carbocycles. The minimum atomic E-state index is -0.626. The standard InChI is InChI=1S/C22H24O6/c1-12(23)26-18-15-11-14-16(20(24)27-19(14)18)17(15)21(25)28-22(9-5-6-10-22)13-7-3-2-4-8-13/h2-4,7-8,14-19H,5-6,9-11H2,1H3. The Kier molecular flexibility index (Phi) is 4.00. The minimum absolute atomic E-state index is 0.0596. The first-order chi connectivity index (χ1) is 13.5. The molecule has 4 aliphatic rings. The van der Waals surface area contributed by atoms with Crippen LogP contribution < -0.4 is 0 Å². The molecule has 2 bridgehead atoms. The Labute approximate surface area is 163 Å². The molecule has 6 heteroatoms. The lowest BCUT2D eigenvalue weighted by Crippen LogP contribution is -2.45. The molecule has 1 aromatic rings. The quantitative estimate of drug-likeness (QED) is 0.587. The number of carbonyl (C=O) groups is 3. The SMILES string of the molecule is CC(=O)OC1C2CC3C1OC(=O)C3C2C(=O)OC1(c2ccccc2)CCCC1. The van der Waals surface area contributed by atoms with Gasteiger partial charge in [-0.1, -0.05) is 30.3 Å². The van der Waals surface area contributed by atoms with Gasteiger partial charge in [-0.2, -0.15) is 0 Å². The van der Waals surface area contributed by atoms with E-state index in [9.17, 15) is 14.4 Å². The van der Waals surface area contributed by atoms with Crippen LogP contribution in [0.4, 0.5) is 0 Å². The van der Waals surface area contributed by atoms with Gasteiger partial charge in [-0.15, -0.1) is 0 Å². The Morgan fingerprint density at radius 3 is 2.50 bits per heavy atom. The molecule has 0 aromatic heterocycles. The molecule has 6 atom stereocenters. The molecule has 0 amide bonds. The molecule has 3 saturated carbocycles. The van der Waals surface area contributed by atoms with Crippen molar-refractivity contribution in [1.29, 1.82) is 0 Å². The summed E-state index contributed by atoms with van der Waals surface area (Å²) in [6.45, 7) is 1.34. The predicted molar refractivity (Wildman–Crippen MR) is 96.7 cm³/mol. The average molecular weight is 384 g/mol. The maximum Gasteiger partial charge on any atom is 0.311 e. The number of fused-ring (bicyclic) bond motifs is 1. The van der Waals surface area contributed by atoms with Crippen molar-refractivity contribution >= 4 is 17.9 Å². The average Bonchev–Trinajstić information content (AvgIpc) is 3.40. The van der Waals surface area contributed by atoms with Crippen LogP contribution in [0.3, 0.4) is 0 Å². The van der Waals surface area contributed by atoms with Crippen molar-refractivity contribution in [2.24, 2.45) is 23.7 Å². The molecule has 1 saturated heterocycles. The summed E-state index contributed by atoms with van der Waals surface area (Å²) in [5, 5.41) is 0. The first kappa shape index (κ1) is 17.7. The highest BCUT2D eigenvalue weighted by atomic mass is 16.6. The van der Waals surface area contributed by atoms with Crippen LogP contribution in [0.15, 0.2) is 30.3 Å². The molecule has 0 radical (unpaired) electrons. The lowest BCUT2D eigenvalue weighted by Gasteiger charge is -2.35. The first-order valence-electron chi connectivity index (χ1n) is 10.2. The van der Waals surface area contributed by atoms with Crippen molar-refractivity contribution < 1.29 is 28.6 Å². The number of ether oxygens (including phenoxy) is 3. The van der Waals surface area contributed by atoms with Gasteiger partial charge in [0.05, 0.1) is 11.8 Å². The van der Waals surface area contributed by atoms with E-state index < -0.39 is 35.6 Å². The van der Waals surface area contributed by atoms with Gasteiger partial charge < -0.3 is 14.2 Å². The molecule has 4 fully saturated rings. The van der Waals surface area contributed by atoms with Crippen molar-refractivity contribution in [3.63, 3.8) is 0 Å². The highest BCUT2D eigenvalue weighted by molar-refractivity contribution is 5.86. The number of carbonyl (C=O) groups excluding carboxylic acids is 3. The third-order valence-electron chi connectivity index (χ3n) is 7.13. The van der Waals surface area contributed by atoms with Crippen molar-refractivity contribution in [2.45, 2.75) is 56.8 Å². The Hall–Kier alpha value is -2.37. The topological polar surface area (TPSA) is 78.9 Å². The Morgan fingerprint density at radius 2 is 1.82 bits per heavy atom. The van der Waals surface area contributed by atoms with Gasteiger partial charge in [-0.05, 0) is 37.7 Å². The molecule has 148 valence electrons. The fourth-order valence-electron chi connectivity index (χ4n) is 6.06. The summed E-state index contributed by atoms with van der Waals surface area (Å²) in [6.07, 6.45) is 3.29.